The number of hydrogen-bond acceptors (Lipinski definition) is 3. The Morgan fingerprint density at radius 3 is 2.44 bits per heavy atom. The Kier molecular flexibility index (Phi) is 3.83. The second-order valence-corrected chi connectivity index (χ2v) is 5.92. The second-order valence-electron chi connectivity index (χ2n) is 4.86. The zero-order valence-corrected chi connectivity index (χ0v) is 11.9. The van der Waals surface area contributed by atoms with Gasteiger partial charge in [0.25, 0.3) is 0 Å². The number of nitrogens with zero attached hydrogens (tertiary/aromatic N) is 1. The standard InChI is InChI=1S/C15H19NOS/c1-4-12-5-7-13(8-6-12)15(3,17)9-14-10-18-11(2)16-14/h5-8,10,17H,4,9H2,1-3H3. The Hall–Kier alpha value is -1.19. The number of aryl methyl sites for hydroxylation is 2. The normalized spacial score (nSPS) is 14.4. The number of benzene rings is 1. The van der Waals surface area contributed by atoms with E-state index in [-0.39, 0.29) is 0 Å². The second kappa shape index (κ2) is 5.21. The number of aliphatic hydroxyl groups is 1. The molecule has 1 unspecified atom stereocenters. The Morgan fingerprint density at radius 2 is 1.94 bits per heavy atom. The van der Waals surface area contributed by atoms with E-state index in [1.807, 2.05) is 31.4 Å². The molecule has 3 heteroatoms. The minimum absolute atomic E-state index is 0.558. The molecule has 0 radical (unpaired) electrons. The van der Waals surface area contributed by atoms with Crippen LogP contribution in [0, 0.1) is 6.92 Å². The average Bonchev–Trinajstić information content (AvgIpc) is 2.74. The monoisotopic (exact) mass is 261 g/mol. The molecule has 1 aromatic carbocycles. The first-order chi connectivity index (χ1) is 8.51. The van der Waals surface area contributed by atoms with Crippen LogP contribution in [0.15, 0.2) is 29.6 Å². The first-order valence-corrected chi connectivity index (χ1v) is 7.12. The van der Waals surface area contributed by atoms with Crippen molar-refractivity contribution in [3.05, 3.63) is 51.5 Å². The van der Waals surface area contributed by atoms with Crippen molar-refractivity contribution in [2.75, 3.05) is 0 Å². The summed E-state index contributed by atoms with van der Waals surface area (Å²) in [5.41, 5.74) is 2.35. The van der Waals surface area contributed by atoms with E-state index in [0.717, 1.165) is 22.7 Å². The van der Waals surface area contributed by atoms with Gasteiger partial charge in [0.15, 0.2) is 0 Å². The van der Waals surface area contributed by atoms with Crippen molar-refractivity contribution in [2.24, 2.45) is 0 Å². The zero-order valence-electron chi connectivity index (χ0n) is 11.1. The predicted octanol–water partition coefficient (Wildman–Crippen LogP) is 3.46. The Balaban J connectivity index is 2.18. The van der Waals surface area contributed by atoms with Crippen molar-refractivity contribution in [1.82, 2.24) is 4.98 Å². The van der Waals surface area contributed by atoms with E-state index in [9.17, 15) is 5.11 Å². The summed E-state index contributed by atoms with van der Waals surface area (Å²) in [6, 6.07) is 8.18. The molecule has 2 aromatic rings. The Labute approximate surface area is 112 Å². The van der Waals surface area contributed by atoms with Crippen LogP contribution in [0.5, 0.6) is 0 Å². The minimum atomic E-state index is -0.854. The number of thiazole rings is 1. The first kappa shape index (κ1) is 13.2. The van der Waals surface area contributed by atoms with Crippen LogP contribution >= 0.6 is 11.3 Å². The van der Waals surface area contributed by atoms with Gasteiger partial charge in [0, 0.05) is 11.8 Å². The molecule has 0 aliphatic heterocycles. The molecule has 0 aliphatic rings. The molecule has 0 saturated heterocycles. The molecule has 1 atom stereocenters. The van der Waals surface area contributed by atoms with E-state index < -0.39 is 5.60 Å². The van der Waals surface area contributed by atoms with Crippen LogP contribution < -0.4 is 0 Å². The molecule has 1 aromatic heterocycles. The van der Waals surface area contributed by atoms with Crippen molar-refractivity contribution in [1.29, 1.82) is 0 Å². The van der Waals surface area contributed by atoms with Gasteiger partial charge >= 0.3 is 0 Å². The van der Waals surface area contributed by atoms with Gasteiger partial charge in [-0.2, -0.15) is 0 Å². The fourth-order valence-corrected chi connectivity index (χ4v) is 2.66. The van der Waals surface area contributed by atoms with Gasteiger partial charge in [-0.1, -0.05) is 31.2 Å². The van der Waals surface area contributed by atoms with Crippen LogP contribution in [-0.4, -0.2) is 10.1 Å². The van der Waals surface area contributed by atoms with Gasteiger partial charge in [0.2, 0.25) is 0 Å². The van der Waals surface area contributed by atoms with E-state index >= 15 is 0 Å². The van der Waals surface area contributed by atoms with E-state index in [1.54, 1.807) is 11.3 Å². The van der Waals surface area contributed by atoms with Gasteiger partial charge < -0.3 is 5.11 Å². The molecule has 18 heavy (non-hydrogen) atoms. The van der Waals surface area contributed by atoms with Gasteiger partial charge in [-0.3, -0.25) is 0 Å². The van der Waals surface area contributed by atoms with Crippen LogP contribution in [0.3, 0.4) is 0 Å². The summed E-state index contributed by atoms with van der Waals surface area (Å²) in [6.45, 7) is 5.97. The van der Waals surface area contributed by atoms with Gasteiger partial charge in [-0.05, 0) is 31.4 Å². The summed E-state index contributed by atoms with van der Waals surface area (Å²) < 4.78 is 0. The lowest BCUT2D eigenvalue weighted by atomic mass is 9.90. The van der Waals surface area contributed by atoms with Crippen LogP contribution in [0.4, 0.5) is 0 Å². The molecule has 2 rings (SSSR count). The van der Waals surface area contributed by atoms with E-state index in [0.29, 0.717) is 6.42 Å². The molecule has 1 N–H and O–H groups in total. The van der Waals surface area contributed by atoms with Crippen LogP contribution in [-0.2, 0) is 18.4 Å². The highest BCUT2D eigenvalue weighted by atomic mass is 32.1. The highest BCUT2D eigenvalue weighted by Crippen LogP contribution is 2.26. The first-order valence-electron chi connectivity index (χ1n) is 6.24. The van der Waals surface area contributed by atoms with Crippen molar-refractivity contribution in [3.8, 4) is 0 Å². The molecular weight excluding hydrogens is 242 g/mol. The Morgan fingerprint density at radius 1 is 1.28 bits per heavy atom. The SMILES string of the molecule is CCc1ccc(C(C)(O)Cc2csc(C)n2)cc1. The van der Waals surface area contributed by atoms with Crippen LogP contribution in [0.25, 0.3) is 0 Å². The lowest BCUT2D eigenvalue weighted by Gasteiger charge is -2.23. The van der Waals surface area contributed by atoms with E-state index in [4.69, 9.17) is 0 Å². The van der Waals surface area contributed by atoms with Crippen molar-refractivity contribution in [3.63, 3.8) is 0 Å². The maximum absolute atomic E-state index is 10.6. The van der Waals surface area contributed by atoms with Crippen molar-refractivity contribution >= 4 is 11.3 Å². The predicted molar refractivity (Wildman–Crippen MR) is 75.9 cm³/mol. The molecule has 96 valence electrons. The molecule has 0 saturated carbocycles. The summed E-state index contributed by atoms with van der Waals surface area (Å²) in [4.78, 5) is 4.41. The summed E-state index contributed by atoms with van der Waals surface area (Å²) >= 11 is 1.62. The van der Waals surface area contributed by atoms with Gasteiger partial charge in [0.05, 0.1) is 16.3 Å². The molecule has 0 fully saturated rings. The van der Waals surface area contributed by atoms with Gasteiger partial charge in [-0.25, -0.2) is 4.98 Å². The quantitative estimate of drug-likeness (QED) is 0.914. The number of rotatable bonds is 4. The topological polar surface area (TPSA) is 33.1 Å². The maximum atomic E-state index is 10.6. The smallest absolute Gasteiger partial charge is 0.0924 e. The lowest BCUT2D eigenvalue weighted by molar-refractivity contribution is 0.0567. The molecule has 0 bridgehead atoms. The van der Waals surface area contributed by atoms with Crippen molar-refractivity contribution < 1.29 is 5.11 Å². The van der Waals surface area contributed by atoms with E-state index in [2.05, 4.69) is 24.0 Å². The average molecular weight is 261 g/mol. The lowest BCUT2D eigenvalue weighted by Crippen LogP contribution is -2.24. The third kappa shape index (κ3) is 2.98. The molecule has 0 aliphatic carbocycles. The number of hydrogen-bond donors (Lipinski definition) is 1. The largest absolute Gasteiger partial charge is 0.385 e. The summed E-state index contributed by atoms with van der Waals surface area (Å²) in [6.07, 6.45) is 1.58. The van der Waals surface area contributed by atoms with Crippen LogP contribution in [0.1, 0.15) is 35.7 Å². The van der Waals surface area contributed by atoms with Gasteiger partial charge in [-0.15, -0.1) is 11.3 Å². The van der Waals surface area contributed by atoms with Gasteiger partial charge in [0.1, 0.15) is 0 Å². The zero-order chi connectivity index (χ0) is 13.2. The third-order valence-corrected chi connectivity index (χ3v) is 4.00. The fourth-order valence-electron chi connectivity index (χ4n) is 2.04. The molecule has 0 spiro atoms. The summed E-state index contributed by atoms with van der Waals surface area (Å²) in [5.74, 6) is 0. The summed E-state index contributed by atoms with van der Waals surface area (Å²) in [7, 11) is 0. The van der Waals surface area contributed by atoms with Crippen LogP contribution in [0.2, 0.25) is 0 Å². The highest BCUT2D eigenvalue weighted by Gasteiger charge is 2.24. The van der Waals surface area contributed by atoms with Crippen molar-refractivity contribution in [2.45, 2.75) is 39.2 Å². The molecular formula is C15H19NOS. The Bertz CT molecular complexity index is 514. The minimum Gasteiger partial charge on any atom is -0.385 e. The third-order valence-electron chi connectivity index (χ3n) is 3.18. The maximum Gasteiger partial charge on any atom is 0.0924 e. The fraction of sp³-hybridized carbons (Fsp3) is 0.400. The molecule has 0 amide bonds. The molecule has 2 nitrogen and oxygen atoms in total. The molecule has 1 heterocycles. The summed E-state index contributed by atoms with van der Waals surface area (Å²) in [5, 5.41) is 13.6. The highest BCUT2D eigenvalue weighted by molar-refractivity contribution is 7.09. The van der Waals surface area contributed by atoms with E-state index in [1.165, 1.54) is 5.56 Å². The number of aromatic nitrogens is 1.